The second-order valence-electron chi connectivity index (χ2n) is 6.42. The fraction of sp³-hybridized carbons (Fsp3) is 0.0455. The van der Waals surface area contributed by atoms with Gasteiger partial charge in [0.25, 0.3) is 5.91 Å². The Morgan fingerprint density at radius 2 is 1.82 bits per heavy atom. The Morgan fingerprint density at radius 3 is 2.54 bits per heavy atom. The standard InChI is InChI=1S/C22H18N4O2/c1-14-3-2-4-19-20(14)25-21(24-19)16-7-9-17(10-8-16)22(28)26-23-13-15-5-11-18(27)12-6-15/h2-13,27H,1H3,(H,24,25)(H,26,28)/b23-13+. The summed E-state index contributed by atoms with van der Waals surface area (Å²) in [5, 5.41) is 13.2. The summed E-state index contributed by atoms with van der Waals surface area (Å²) in [5.74, 6) is 0.643. The Morgan fingerprint density at radius 1 is 1.07 bits per heavy atom. The van der Waals surface area contributed by atoms with Crippen LogP contribution in [0.4, 0.5) is 0 Å². The van der Waals surface area contributed by atoms with Crippen LogP contribution >= 0.6 is 0 Å². The molecule has 3 aromatic carbocycles. The van der Waals surface area contributed by atoms with Crippen molar-refractivity contribution >= 4 is 23.2 Å². The third kappa shape index (κ3) is 3.61. The number of H-pyrrole nitrogens is 1. The zero-order valence-corrected chi connectivity index (χ0v) is 15.2. The third-order valence-electron chi connectivity index (χ3n) is 4.41. The number of phenols is 1. The van der Waals surface area contributed by atoms with E-state index in [9.17, 15) is 9.90 Å². The fourth-order valence-electron chi connectivity index (χ4n) is 2.88. The maximum Gasteiger partial charge on any atom is 0.271 e. The number of aromatic nitrogens is 2. The normalized spacial score (nSPS) is 11.2. The van der Waals surface area contributed by atoms with E-state index >= 15 is 0 Å². The number of imidazole rings is 1. The molecule has 6 heteroatoms. The lowest BCUT2D eigenvalue weighted by Gasteiger charge is -2.01. The topological polar surface area (TPSA) is 90.4 Å². The molecule has 4 aromatic rings. The van der Waals surface area contributed by atoms with Gasteiger partial charge in [0.1, 0.15) is 11.6 Å². The molecule has 0 radical (unpaired) electrons. The monoisotopic (exact) mass is 370 g/mol. The number of benzene rings is 3. The van der Waals surface area contributed by atoms with Gasteiger partial charge in [-0.3, -0.25) is 4.79 Å². The van der Waals surface area contributed by atoms with E-state index in [1.165, 1.54) is 6.21 Å². The van der Waals surface area contributed by atoms with E-state index in [1.54, 1.807) is 36.4 Å². The van der Waals surface area contributed by atoms with Crippen LogP contribution in [0, 0.1) is 6.92 Å². The van der Waals surface area contributed by atoms with Crippen LogP contribution in [0.5, 0.6) is 5.75 Å². The van der Waals surface area contributed by atoms with E-state index in [1.807, 2.05) is 37.3 Å². The number of nitrogens with one attached hydrogen (secondary N) is 2. The molecule has 0 bridgehead atoms. The first-order valence-electron chi connectivity index (χ1n) is 8.78. The van der Waals surface area contributed by atoms with Gasteiger partial charge in [-0.1, -0.05) is 24.3 Å². The van der Waals surface area contributed by atoms with Gasteiger partial charge in [-0.05, 0) is 60.5 Å². The molecule has 0 saturated carbocycles. The number of phenolic OH excluding ortho intramolecular Hbond substituents is 1. The quantitative estimate of drug-likeness (QED) is 0.374. The number of hydrogen-bond donors (Lipinski definition) is 3. The van der Waals surface area contributed by atoms with Crippen LogP contribution in [0.25, 0.3) is 22.4 Å². The number of aromatic hydroxyl groups is 1. The van der Waals surface area contributed by atoms with Gasteiger partial charge in [-0.25, -0.2) is 10.4 Å². The van der Waals surface area contributed by atoms with Crippen LogP contribution in [0.3, 0.4) is 0 Å². The maximum atomic E-state index is 12.2. The molecule has 3 N–H and O–H groups in total. The van der Waals surface area contributed by atoms with Gasteiger partial charge in [-0.2, -0.15) is 5.10 Å². The predicted octanol–water partition coefficient (Wildman–Crippen LogP) is 4.01. The van der Waals surface area contributed by atoms with E-state index in [0.717, 1.165) is 33.5 Å². The molecule has 6 nitrogen and oxygen atoms in total. The molecule has 4 rings (SSSR count). The Labute approximate surface area is 161 Å². The third-order valence-corrected chi connectivity index (χ3v) is 4.41. The predicted molar refractivity (Wildman–Crippen MR) is 109 cm³/mol. The number of hydrogen-bond acceptors (Lipinski definition) is 4. The summed E-state index contributed by atoms with van der Waals surface area (Å²) in [7, 11) is 0. The molecule has 28 heavy (non-hydrogen) atoms. The molecule has 0 aliphatic rings. The Balaban J connectivity index is 1.46. The number of aromatic amines is 1. The molecule has 0 aliphatic heterocycles. The molecule has 0 atom stereocenters. The minimum absolute atomic E-state index is 0.181. The summed E-state index contributed by atoms with van der Waals surface area (Å²) in [6.07, 6.45) is 1.52. The minimum Gasteiger partial charge on any atom is -0.508 e. The van der Waals surface area contributed by atoms with Crippen LogP contribution in [0.2, 0.25) is 0 Å². The van der Waals surface area contributed by atoms with Gasteiger partial charge in [0.15, 0.2) is 0 Å². The van der Waals surface area contributed by atoms with Gasteiger partial charge >= 0.3 is 0 Å². The van der Waals surface area contributed by atoms with E-state index in [2.05, 4.69) is 20.5 Å². The molecular weight excluding hydrogens is 352 g/mol. The van der Waals surface area contributed by atoms with E-state index in [-0.39, 0.29) is 11.7 Å². The molecular formula is C22H18N4O2. The van der Waals surface area contributed by atoms with Crippen molar-refractivity contribution in [1.29, 1.82) is 0 Å². The van der Waals surface area contributed by atoms with Crippen LogP contribution in [0.15, 0.2) is 71.8 Å². The number of fused-ring (bicyclic) bond motifs is 1. The first kappa shape index (κ1) is 17.5. The SMILES string of the molecule is Cc1cccc2[nH]c(-c3ccc(C(=O)N/N=C/c4ccc(O)cc4)cc3)nc12. The van der Waals surface area contributed by atoms with Gasteiger partial charge in [0, 0.05) is 11.1 Å². The highest BCUT2D eigenvalue weighted by Gasteiger charge is 2.09. The van der Waals surface area contributed by atoms with Crippen molar-refractivity contribution in [3.63, 3.8) is 0 Å². The average Bonchev–Trinajstić information content (AvgIpc) is 3.15. The van der Waals surface area contributed by atoms with Crippen molar-refractivity contribution in [2.75, 3.05) is 0 Å². The van der Waals surface area contributed by atoms with Crippen LogP contribution in [-0.4, -0.2) is 27.2 Å². The van der Waals surface area contributed by atoms with Crippen molar-refractivity contribution in [2.45, 2.75) is 6.92 Å². The number of hydrazone groups is 1. The summed E-state index contributed by atoms with van der Waals surface area (Å²) in [6.45, 7) is 2.03. The zero-order valence-electron chi connectivity index (χ0n) is 15.2. The molecule has 0 unspecified atom stereocenters. The van der Waals surface area contributed by atoms with E-state index in [4.69, 9.17) is 0 Å². The zero-order chi connectivity index (χ0) is 19.5. The highest BCUT2D eigenvalue weighted by Crippen LogP contribution is 2.22. The van der Waals surface area contributed by atoms with Gasteiger partial charge in [-0.15, -0.1) is 0 Å². The summed E-state index contributed by atoms with van der Waals surface area (Å²) >= 11 is 0. The smallest absolute Gasteiger partial charge is 0.271 e. The summed E-state index contributed by atoms with van der Waals surface area (Å²) in [5.41, 5.74) is 7.72. The molecule has 0 aliphatic carbocycles. The summed E-state index contributed by atoms with van der Waals surface area (Å²) in [6, 6.07) is 19.7. The highest BCUT2D eigenvalue weighted by molar-refractivity contribution is 5.95. The number of aryl methyl sites for hydroxylation is 1. The van der Waals surface area contributed by atoms with Crippen molar-refractivity contribution in [3.8, 4) is 17.1 Å². The lowest BCUT2D eigenvalue weighted by molar-refractivity contribution is 0.0955. The van der Waals surface area contributed by atoms with Gasteiger partial charge < -0.3 is 10.1 Å². The van der Waals surface area contributed by atoms with Crippen LogP contribution < -0.4 is 5.43 Å². The molecule has 1 amide bonds. The van der Waals surface area contributed by atoms with Crippen molar-refractivity contribution in [2.24, 2.45) is 5.10 Å². The number of carbonyl (C=O) groups excluding carboxylic acids is 1. The lowest BCUT2D eigenvalue weighted by atomic mass is 10.1. The molecule has 0 spiro atoms. The van der Waals surface area contributed by atoms with Crippen molar-refractivity contribution in [1.82, 2.24) is 15.4 Å². The van der Waals surface area contributed by atoms with E-state index in [0.29, 0.717) is 5.56 Å². The van der Waals surface area contributed by atoms with E-state index < -0.39 is 0 Å². The minimum atomic E-state index is -0.304. The van der Waals surface area contributed by atoms with Gasteiger partial charge in [0.2, 0.25) is 0 Å². The Kier molecular flexibility index (Phi) is 4.60. The van der Waals surface area contributed by atoms with Crippen molar-refractivity contribution < 1.29 is 9.90 Å². The fourth-order valence-corrected chi connectivity index (χ4v) is 2.88. The van der Waals surface area contributed by atoms with Crippen LogP contribution in [-0.2, 0) is 0 Å². The Bertz CT molecular complexity index is 1160. The second kappa shape index (κ2) is 7.36. The average molecular weight is 370 g/mol. The largest absolute Gasteiger partial charge is 0.508 e. The first-order chi connectivity index (χ1) is 13.6. The van der Waals surface area contributed by atoms with Crippen molar-refractivity contribution in [3.05, 3.63) is 83.4 Å². The second-order valence-corrected chi connectivity index (χ2v) is 6.42. The molecule has 138 valence electrons. The lowest BCUT2D eigenvalue weighted by Crippen LogP contribution is -2.17. The summed E-state index contributed by atoms with van der Waals surface area (Å²) in [4.78, 5) is 20.2. The first-order valence-corrected chi connectivity index (χ1v) is 8.78. The van der Waals surface area contributed by atoms with Crippen LogP contribution in [0.1, 0.15) is 21.5 Å². The number of amides is 1. The molecule has 0 fully saturated rings. The number of nitrogens with zero attached hydrogens (tertiary/aromatic N) is 2. The number of carbonyl (C=O) groups is 1. The number of para-hydroxylation sites is 1. The molecule has 0 saturated heterocycles. The molecule has 1 heterocycles. The van der Waals surface area contributed by atoms with Gasteiger partial charge in [0.05, 0.1) is 17.2 Å². The molecule has 1 aromatic heterocycles. The Hall–Kier alpha value is -3.93. The summed E-state index contributed by atoms with van der Waals surface area (Å²) < 4.78 is 0. The number of rotatable bonds is 4. The maximum absolute atomic E-state index is 12.2. The highest BCUT2D eigenvalue weighted by atomic mass is 16.3.